The van der Waals surface area contributed by atoms with Crippen LogP contribution in [-0.4, -0.2) is 14.1 Å². The third kappa shape index (κ3) is 10.7. The van der Waals surface area contributed by atoms with E-state index in [1.165, 1.54) is 16.8 Å². The van der Waals surface area contributed by atoms with Crippen molar-refractivity contribution in [1.82, 2.24) is 0 Å². The van der Waals surface area contributed by atoms with Crippen molar-refractivity contribution in [1.29, 1.82) is 0 Å². The van der Waals surface area contributed by atoms with Gasteiger partial charge in [0.15, 0.2) is 0 Å². The standard InChI is InChI=1S/C12H19N.3CO.Cr/c1-5-10-7-8-12(13(3)4)9-11(10)6-2;3*1-2;/h7-9H,5-6H2,1-4H3;;;;. The topological polar surface area (TPSA) is 62.9 Å². The van der Waals surface area contributed by atoms with Crippen molar-refractivity contribution in [2.45, 2.75) is 26.7 Å². The van der Waals surface area contributed by atoms with Crippen LogP contribution >= 0.6 is 0 Å². The molecule has 0 saturated carbocycles. The number of anilines is 1. The van der Waals surface area contributed by atoms with Gasteiger partial charge in [0.05, 0.1) is 0 Å². The number of hydrogen-bond acceptors (Lipinski definition) is 1. The Kier molecular flexibility index (Phi) is 27.3. The van der Waals surface area contributed by atoms with Gasteiger partial charge in [0, 0.05) is 37.1 Å². The molecule has 5 heteroatoms. The van der Waals surface area contributed by atoms with E-state index in [2.05, 4.69) is 71.0 Å². The number of hydrogen-bond donors (Lipinski definition) is 0. The summed E-state index contributed by atoms with van der Waals surface area (Å²) in [5.41, 5.74) is 4.26. The first kappa shape index (κ1) is 27.2. The fourth-order valence-electron chi connectivity index (χ4n) is 1.56. The second-order valence-electron chi connectivity index (χ2n) is 3.55. The molecule has 0 saturated heterocycles. The zero-order valence-corrected chi connectivity index (χ0v) is 13.5. The molecule has 0 atom stereocenters. The first-order chi connectivity index (χ1) is 9.19. The summed E-state index contributed by atoms with van der Waals surface area (Å²) in [4.78, 5) is 2.15. The van der Waals surface area contributed by atoms with E-state index in [9.17, 15) is 0 Å². The molecular formula is C15H19CrNO3. The van der Waals surface area contributed by atoms with Gasteiger partial charge < -0.3 is 4.90 Å². The molecule has 0 amide bonds. The quantitative estimate of drug-likeness (QED) is 0.625. The van der Waals surface area contributed by atoms with Crippen LogP contribution in [0, 0.1) is 20.0 Å². The summed E-state index contributed by atoms with van der Waals surface area (Å²) in [6.45, 7) is 17.9. The molecule has 0 N–H and O–H groups in total. The summed E-state index contributed by atoms with van der Waals surface area (Å²) in [6, 6.07) is 6.73. The van der Waals surface area contributed by atoms with Crippen molar-refractivity contribution in [3.05, 3.63) is 49.3 Å². The molecular weight excluding hydrogens is 294 g/mol. The van der Waals surface area contributed by atoms with Gasteiger partial charge >= 0.3 is 33.9 Å². The number of nitrogens with zero attached hydrogens (tertiary/aromatic N) is 1. The van der Waals surface area contributed by atoms with Crippen molar-refractivity contribution in [2.24, 2.45) is 0 Å². The van der Waals surface area contributed by atoms with Gasteiger partial charge in [0.25, 0.3) is 0 Å². The monoisotopic (exact) mass is 313 g/mol. The predicted octanol–water partition coefficient (Wildman–Crippen LogP) is 2.76. The maximum Gasteiger partial charge on any atom is 0 e. The Morgan fingerprint density at radius 2 is 1.25 bits per heavy atom. The molecule has 0 heterocycles. The Morgan fingerprint density at radius 1 is 0.850 bits per heavy atom. The molecule has 20 heavy (non-hydrogen) atoms. The molecule has 0 radical (unpaired) electrons. The summed E-state index contributed by atoms with van der Waals surface area (Å²) in [7, 11) is 4.17. The van der Waals surface area contributed by atoms with Gasteiger partial charge in [-0.05, 0) is 36.1 Å². The number of rotatable bonds is 3. The zero-order chi connectivity index (χ0) is 15.8. The summed E-state index contributed by atoms with van der Waals surface area (Å²) >= 11 is 0. The van der Waals surface area contributed by atoms with Gasteiger partial charge in [-0.25, -0.2) is 0 Å². The first-order valence-electron chi connectivity index (χ1n) is 5.59. The molecule has 0 aromatic heterocycles. The third-order valence-corrected chi connectivity index (χ3v) is 2.47. The minimum Gasteiger partial charge on any atom is 0 e. The second kappa shape index (κ2) is 20.1. The Hall–Kier alpha value is -1.23. The molecule has 0 aliphatic heterocycles. The summed E-state index contributed by atoms with van der Waals surface area (Å²) in [5, 5.41) is 0. The molecule has 0 aliphatic rings. The molecule has 0 unspecified atom stereocenters. The van der Waals surface area contributed by atoms with Gasteiger partial charge in [0.1, 0.15) is 0 Å². The largest absolute Gasteiger partial charge is 0 e. The van der Waals surface area contributed by atoms with E-state index < -0.39 is 0 Å². The molecule has 1 rings (SSSR count). The molecule has 108 valence electrons. The third-order valence-electron chi connectivity index (χ3n) is 2.47. The fourth-order valence-corrected chi connectivity index (χ4v) is 1.56. The summed E-state index contributed by atoms with van der Waals surface area (Å²) in [6.07, 6.45) is 2.27. The summed E-state index contributed by atoms with van der Waals surface area (Å²) < 4.78 is 22.5. The van der Waals surface area contributed by atoms with Crippen molar-refractivity contribution in [3.63, 3.8) is 0 Å². The summed E-state index contributed by atoms with van der Waals surface area (Å²) in [5.74, 6) is 0. The molecule has 1 aromatic rings. The Bertz CT molecular complexity index is 384. The van der Waals surface area contributed by atoms with Crippen LogP contribution in [0.15, 0.2) is 18.2 Å². The average Bonchev–Trinajstić information content (AvgIpc) is 2.52. The molecule has 0 spiro atoms. The van der Waals surface area contributed by atoms with Crippen LogP contribution in [0.2, 0.25) is 0 Å². The number of aryl methyl sites for hydroxylation is 2. The van der Waals surface area contributed by atoms with E-state index in [1.54, 1.807) is 0 Å². The van der Waals surface area contributed by atoms with Gasteiger partial charge in [0.2, 0.25) is 0 Å². The minimum absolute atomic E-state index is 0. The normalized spacial score (nSPS) is 6.90. The van der Waals surface area contributed by atoms with E-state index in [0.717, 1.165) is 12.8 Å². The van der Waals surface area contributed by atoms with E-state index in [-0.39, 0.29) is 17.4 Å². The van der Waals surface area contributed by atoms with Crippen LogP contribution in [0.4, 0.5) is 5.69 Å². The SMILES string of the molecule is CCc1ccc(N(C)C)cc1CC.[C-]#[O+].[C-]#[O+].[C-]#[O+].[Cr]. The van der Waals surface area contributed by atoms with E-state index in [4.69, 9.17) is 14.0 Å². The van der Waals surface area contributed by atoms with Crippen LogP contribution < -0.4 is 4.90 Å². The second-order valence-corrected chi connectivity index (χ2v) is 3.55. The van der Waals surface area contributed by atoms with Crippen LogP contribution in [-0.2, 0) is 44.2 Å². The van der Waals surface area contributed by atoms with Crippen LogP contribution in [0.25, 0.3) is 0 Å². The van der Waals surface area contributed by atoms with Gasteiger partial charge in [-0.2, -0.15) is 0 Å². The average molecular weight is 313 g/mol. The van der Waals surface area contributed by atoms with Gasteiger partial charge in [-0.15, -0.1) is 0 Å². The zero-order valence-electron chi connectivity index (χ0n) is 12.2. The van der Waals surface area contributed by atoms with Crippen LogP contribution in [0.3, 0.4) is 0 Å². The fraction of sp³-hybridized carbons (Fsp3) is 0.400. The van der Waals surface area contributed by atoms with Crippen molar-refractivity contribution in [3.8, 4) is 0 Å². The molecule has 0 bridgehead atoms. The van der Waals surface area contributed by atoms with Gasteiger partial charge in [-0.3, -0.25) is 0 Å². The number of benzene rings is 1. The van der Waals surface area contributed by atoms with E-state index in [0.29, 0.717) is 0 Å². The predicted molar refractivity (Wildman–Crippen MR) is 71.3 cm³/mol. The van der Waals surface area contributed by atoms with Crippen LogP contribution in [0.5, 0.6) is 0 Å². The smallest absolute Gasteiger partial charge is 0 e. The minimum atomic E-state index is 0. The maximum atomic E-state index is 7.50. The van der Waals surface area contributed by atoms with Crippen molar-refractivity contribution < 1.29 is 31.3 Å². The van der Waals surface area contributed by atoms with E-state index in [1.807, 2.05) is 0 Å². The Balaban J connectivity index is -0.000000162. The van der Waals surface area contributed by atoms with E-state index >= 15 is 0 Å². The maximum absolute atomic E-state index is 7.50. The van der Waals surface area contributed by atoms with Crippen molar-refractivity contribution in [2.75, 3.05) is 19.0 Å². The first-order valence-corrected chi connectivity index (χ1v) is 5.59. The Labute approximate surface area is 132 Å². The molecule has 1 aromatic carbocycles. The van der Waals surface area contributed by atoms with Crippen molar-refractivity contribution >= 4 is 5.69 Å². The molecule has 0 aliphatic carbocycles. The Morgan fingerprint density at radius 3 is 1.55 bits per heavy atom. The molecule has 0 fully saturated rings. The van der Waals surface area contributed by atoms with Gasteiger partial charge in [-0.1, -0.05) is 19.9 Å². The van der Waals surface area contributed by atoms with Crippen LogP contribution in [0.1, 0.15) is 25.0 Å². The molecule has 4 nitrogen and oxygen atoms in total.